The number of rotatable bonds is 6. The SMILES string of the molecule is CO[C@@H](C)C(=O)NC[C@@H]1CC[C@H]2[C@H](COc3ccc(NC(=O)c4ccc(C(F)(F)F)cc4)cc3C(=O)N2C)O1. The van der Waals surface area contributed by atoms with Gasteiger partial charge in [-0.3, -0.25) is 14.4 Å². The van der Waals surface area contributed by atoms with Crippen molar-refractivity contribution in [3.05, 3.63) is 59.2 Å². The van der Waals surface area contributed by atoms with Gasteiger partial charge < -0.3 is 29.7 Å². The molecule has 2 aliphatic heterocycles. The number of carbonyl (C=O) groups is 3. The second-order valence-corrected chi connectivity index (χ2v) is 9.53. The van der Waals surface area contributed by atoms with E-state index in [1.807, 2.05) is 0 Å². The molecule has 0 radical (unpaired) electrons. The summed E-state index contributed by atoms with van der Waals surface area (Å²) >= 11 is 0. The van der Waals surface area contributed by atoms with Gasteiger partial charge in [0.05, 0.1) is 23.3 Å². The molecular weight excluding hydrogens is 519 g/mol. The number of halogens is 3. The molecule has 2 aromatic rings. The van der Waals surface area contributed by atoms with Gasteiger partial charge in [0.25, 0.3) is 11.8 Å². The van der Waals surface area contributed by atoms with Gasteiger partial charge in [-0.2, -0.15) is 13.2 Å². The first-order valence-electron chi connectivity index (χ1n) is 12.5. The van der Waals surface area contributed by atoms with Gasteiger partial charge in [0.2, 0.25) is 5.91 Å². The molecule has 1 fully saturated rings. The molecule has 0 unspecified atom stereocenters. The summed E-state index contributed by atoms with van der Waals surface area (Å²) in [6.45, 7) is 2.14. The first-order valence-corrected chi connectivity index (χ1v) is 12.5. The predicted molar refractivity (Wildman–Crippen MR) is 135 cm³/mol. The molecule has 2 aliphatic rings. The van der Waals surface area contributed by atoms with Crippen molar-refractivity contribution in [2.24, 2.45) is 0 Å². The summed E-state index contributed by atoms with van der Waals surface area (Å²) in [5.41, 5.74) is -0.280. The quantitative estimate of drug-likeness (QED) is 0.572. The lowest BCUT2D eigenvalue weighted by Crippen LogP contribution is -2.55. The third-order valence-electron chi connectivity index (χ3n) is 6.97. The summed E-state index contributed by atoms with van der Waals surface area (Å²) in [6, 6.07) is 8.17. The van der Waals surface area contributed by atoms with Crippen molar-refractivity contribution in [2.45, 2.75) is 50.3 Å². The van der Waals surface area contributed by atoms with Crippen LogP contribution in [0.15, 0.2) is 42.5 Å². The minimum absolute atomic E-state index is 0.0408. The summed E-state index contributed by atoms with van der Waals surface area (Å²) in [7, 11) is 3.13. The number of benzene rings is 2. The molecule has 0 spiro atoms. The van der Waals surface area contributed by atoms with Crippen molar-refractivity contribution in [2.75, 3.05) is 32.6 Å². The van der Waals surface area contributed by atoms with Gasteiger partial charge in [-0.1, -0.05) is 0 Å². The van der Waals surface area contributed by atoms with Gasteiger partial charge in [0.1, 0.15) is 24.6 Å². The van der Waals surface area contributed by atoms with Crippen molar-refractivity contribution in [3.8, 4) is 5.75 Å². The molecule has 12 heteroatoms. The Morgan fingerprint density at radius 3 is 2.54 bits per heavy atom. The fourth-order valence-corrected chi connectivity index (χ4v) is 4.58. The molecule has 4 rings (SSSR count). The smallest absolute Gasteiger partial charge is 0.416 e. The summed E-state index contributed by atoms with van der Waals surface area (Å²) in [5, 5.41) is 5.43. The predicted octanol–water partition coefficient (Wildman–Crippen LogP) is 3.49. The Balaban J connectivity index is 1.43. The maximum Gasteiger partial charge on any atom is 0.416 e. The molecule has 9 nitrogen and oxygen atoms in total. The molecule has 4 atom stereocenters. The average Bonchev–Trinajstić information content (AvgIpc) is 2.92. The highest BCUT2D eigenvalue weighted by molar-refractivity contribution is 6.05. The molecule has 1 saturated heterocycles. The molecule has 210 valence electrons. The highest BCUT2D eigenvalue weighted by Gasteiger charge is 2.39. The van der Waals surface area contributed by atoms with Crippen LogP contribution in [0.5, 0.6) is 5.75 Å². The van der Waals surface area contributed by atoms with E-state index in [1.54, 1.807) is 31.0 Å². The highest BCUT2D eigenvalue weighted by Crippen LogP contribution is 2.32. The second kappa shape index (κ2) is 11.6. The molecule has 2 N–H and O–H groups in total. The molecule has 0 bridgehead atoms. The lowest BCUT2D eigenvalue weighted by molar-refractivity contribution is -0.137. The number of alkyl halides is 3. The molecule has 2 heterocycles. The Bertz CT molecular complexity index is 1220. The lowest BCUT2D eigenvalue weighted by atomic mass is 9.95. The zero-order valence-electron chi connectivity index (χ0n) is 21.7. The summed E-state index contributed by atoms with van der Waals surface area (Å²) in [6.07, 6.45) is -4.48. The zero-order chi connectivity index (χ0) is 28.3. The van der Waals surface area contributed by atoms with E-state index in [0.717, 1.165) is 24.3 Å². The topological polar surface area (TPSA) is 106 Å². The van der Waals surface area contributed by atoms with Crippen molar-refractivity contribution >= 4 is 23.4 Å². The number of ether oxygens (including phenoxy) is 3. The monoisotopic (exact) mass is 549 g/mol. The number of anilines is 1. The first-order chi connectivity index (χ1) is 18.5. The largest absolute Gasteiger partial charge is 0.490 e. The Morgan fingerprint density at radius 1 is 1.15 bits per heavy atom. The molecule has 3 amide bonds. The van der Waals surface area contributed by atoms with Crippen molar-refractivity contribution in [1.82, 2.24) is 10.2 Å². The minimum Gasteiger partial charge on any atom is -0.490 e. The van der Waals surface area contributed by atoms with Gasteiger partial charge in [-0.05, 0) is 62.2 Å². The van der Waals surface area contributed by atoms with E-state index < -0.39 is 29.9 Å². The molecular formula is C27H30F3N3O6. The Morgan fingerprint density at radius 2 is 1.87 bits per heavy atom. The average molecular weight is 550 g/mol. The standard InChI is InChI=1S/C27H30F3N3O6/c1-15(37-3)24(34)31-13-19-9-10-21-23(39-19)14-38-22-11-8-18(12-20(22)26(36)33(21)2)32-25(35)16-4-6-17(7-5-16)27(28,29)30/h4-8,11-12,15,19,21,23H,9-10,13-14H2,1-3H3,(H,31,34)(H,32,35)/t15-,19-,21-,23-/m0/s1. The molecule has 39 heavy (non-hydrogen) atoms. The molecule has 0 aromatic heterocycles. The number of fused-ring (bicyclic) bond motifs is 2. The molecule has 0 saturated carbocycles. The summed E-state index contributed by atoms with van der Waals surface area (Å²) < 4.78 is 55.6. The van der Waals surface area contributed by atoms with E-state index in [9.17, 15) is 27.6 Å². The van der Waals surface area contributed by atoms with Crippen LogP contribution in [0.2, 0.25) is 0 Å². The van der Waals surface area contributed by atoms with E-state index in [1.165, 1.54) is 13.2 Å². The third kappa shape index (κ3) is 6.51. The second-order valence-electron chi connectivity index (χ2n) is 9.53. The van der Waals surface area contributed by atoms with Crippen LogP contribution in [0.1, 0.15) is 46.0 Å². The molecule has 0 aliphatic carbocycles. The van der Waals surface area contributed by atoms with Gasteiger partial charge in [-0.25, -0.2) is 0 Å². The van der Waals surface area contributed by atoms with Crippen LogP contribution in [0.3, 0.4) is 0 Å². The van der Waals surface area contributed by atoms with Gasteiger partial charge in [0.15, 0.2) is 0 Å². The van der Waals surface area contributed by atoms with Crippen LogP contribution in [0, 0.1) is 0 Å². The number of nitrogens with zero attached hydrogens (tertiary/aromatic N) is 1. The number of amides is 3. The maximum atomic E-state index is 13.4. The van der Waals surface area contributed by atoms with E-state index in [-0.39, 0.29) is 41.7 Å². The van der Waals surface area contributed by atoms with Gasteiger partial charge >= 0.3 is 6.18 Å². The normalized spacial score (nSPS) is 21.9. The number of hydrogen-bond donors (Lipinski definition) is 2. The van der Waals surface area contributed by atoms with Gasteiger partial charge in [0, 0.05) is 32.0 Å². The van der Waals surface area contributed by atoms with E-state index >= 15 is 0 Å². The number of nitrogens with one attached hydrogen (secondary N) is 2. The lowest BCUT2D eigenvalue weighted by Gasteiger charge is -2.42. The summed E-state index contributed by atoms with van der Waals surface area (Å²) in [4.78, 5) is 39.6. The van der Waals surface area contributed by atoms with E-state index in [0.29, 0.717) is 30.8 Å². The highest BCUT2D eigenvalue weighted by atomic mass is 19.4. The third-order valence-corrected chi connectivity index (χ3v) is 6.97. The molecule has 2 aromatic carbocycles. The Labute approximate surface area is 223 Å². The maximum absolute atomic E-state index is 13.4. The minimum atomic E-state index is -4.50. The number of carbonyl (C=O) groups excluding carboxylic acids is 3. The van der Waals surface area contributed by atoms with Crippen LogP contribution >= 0.6 is 0 Å². The fraction of sp³-hybridized carbons (Fsp3) is 0.444. The Kier molecular flexibility index (Phi) is 8.45. The van der Waals surface area contributed by atoms with Crippen LogP contribution in [-0.4, -0.2) is 74.3 Å². The van der Waals surface area contributed by atoms with Crippen LogP contribution < -0.4 is 15.4 Å². The van der Waals surface area contributed by atoms with Crippen molar-refractivity contribution < 1.29 is 41.8 Å². The van der Waals surface area contributed by atoms with Crippen LogP contribution in [0.4, 0.5) is 18.9 Å². The zero-order valence-corrected chi connectivity index (χ0v) is 21.7. The first kappa shape index (κ1) is 28.4. The fourth-order valence-electron chi connectivity index (χ4n) is 4.58. The number of methoxy groups -OCH3 is 1. The van der Waals surface area contributed by atoms with Crippen LogP contribution in [-0.2, 0) is 20.4 Å². The van der Waals surface area contributed by atoms with Crippen molar-refractivity contribution in [1.29, 1.82) is 0 Å². The summed E-state index contributed by atoms with van der Waals surface area (Å²) in [5.74, 6) is -0.866. The van der Waals surface area contributed by atoms with Gasteiger partial charge in [-0.15, -0.1) is 0 Å². The number of likely N-dealkylation sites (N-methyl/N-ethyl adjacent to an activating group) is 1. The van der Waals surface area contributed by atoms with E-state index in [4.69, 9.17) is 14.2 Å². The van der Waals surface area contributed by atoms with Crippen LogP contribution in [0.25, 0.3) is 0 Å². The Hall–Kier alpha value is -3.64. The van der Waals surface area contributed by atoms with E-state index in [2.05, 4.69) is 10.6 Å². The number of hydrogen-bond acceptors (Lipinski definition) is 6. The van der Waals surface area contributed by atoms with Crippen molar-refractivity contribution in [3.63, 3.8) is 0 Å².